The van der Waals surface area contributed by atoms with Crippen LogP contribution in [0, 0.1) is 6.92 Å². The predicted molar refractivity (Wildman–Crippen MR) is 124 cm³/mol. The molecule has 7 nitrogen and oxygen atoms in total. The Morgan fingerprint density at radius 2 is 1.75 bits per heavy atom. The van der Waals surface area contributed by atoms with Gasteiger partial charge in [-0.3, -0.25) is 9.48 Å². The highest BCUT2D eigenvalue weighted by Crippen LogP contribution is 2.26. The second-order valence-electron chi connectivity index (χ2n) is 8.16. The lowest BCUT2D eigenvalue weighted by Gasteiger charge is -2.21. The largest absolute Gasteiger partial charge is 0.322 e. The van der Waals surface area contributed by atoms with Crippen LogP contribution in [0.4, 0.5) is 5.69 Å². The molecule has 2 aromatic carbocycles. The molecule has 1 aliphatic heterocycles. The van der Waals surface area contributed by atoms with Crippen molar-refractivity contribution < 1.29 is 13.2 Å². The lowest BCUT2D eigenvalue weighted by atomic mass is 10.2. The molecular formula is C24H28N4O3S. The number of carbonyl (C=O) groups is 1. The maximum Gasteiger partial charge on any atom is 0.258 e. The Balaban J connectivity index is 1.50. The molecule has 0 saturated carbocycles. The molecule has 168 valence electrons. The molecule has 0 radical (unpaired) electrons. The van der Waals surface area contributed by atoms with Crippen LogP contribution in [0.15, 0.2) is 65.8 Å². The highest BCUT2D eigenvalue weighted by molar-refractivity contribution is 7.89. The quantitative estimate of drug-likeness (QED) is 0.611. The number of aromatic nitrogens is 2. The van der Waals surface area contributed by atoms with Crippen LogP contribution in [-0.2, 0) is 16.6 Å². The molecule has 32 heavy (non-hydrogen) atoms. The van der Waals surface area contributed by atoms with E-state index in [4.69, 9.17) is 0 Å². The zero-order valence-electron chi connectivity index (χ0n) is 18.2. The van der Waals surface area contributed by atoms with Gasteiger partial charge in [0.1, 0.15) is 0 Å². The van der Waals surface area contributed by atoms with Gasteiger partial charge in [0.15, 0.2) is 0 Å². The minimum absolute atomic E-state index is 0.247. The standard InChI is InChI=1S/C24H28N4O3S/c1-19-11-12-22(15-23(19)32(30,31)28-13-7-2-3-8-14-28)26-24(29)21-16-25-27(18-21)17-20-9-5-4-6-10-20/h4-6,9-12,15-16,18H,2-3,7-8,13-14,17H2,1H3,(H,26,29). The Morgan fingerprint density at radius 1 is 1.03 bits per heavy atom. The zero-order valence-corrected chi connectivity index (χ0v) is 19.0. The summed E-state index contributed by atoms with van der Waals surface area (Å²) in [5.41, 5.74) is 2.62. The van der Waals surface area contributed by atoms with Crippen molar-refractivity contribution in [3.8, 4) is 0 Å². The molecule has 1 amide bonds. The van der Waals surface area contributed by atoms with Crippen LogP contribution in [0.5, 0.6) is 0 Å². The number of benzene rings is 2. The summed E-state index contributed by atoms with van der Waals surface area (Å²) in [6.45, 7) is 3.43. The van der Waals surface area contributed by atoms with Gasteiger partial charge >= 0.3 is 0 Å². The van der Waals surface area contributed by atoms with Crippen molar-refractivity contribution in [3.63, 3.8) is 0 Å². The maximum atomic E-state index is 13.2. The highest BCUT2D eigenvalue weighted by Gasteiger charge is 2.27. The number of amides is 1. The van der Waals surface area contributed by atoms with Gasteiger partial charge in [-0.25, -0.2) is 8.42 Å². The van der Waals surface area contributed by atoms with Crippen LogP contribution >= 0.6 is 0 Å². The predicted octanol–water partition coefficient (Wildman–Crippen LogP) is 4.06. The molecule has 1 fully saturated rings. The maximum absolute atomic E-state index is 13.2. The lowest BCUT2D eigenvalue weighted by molar-refractivity contribution is 0.102. The average Bonchev–Trinajstić information content (AvgIpc) is 3.07. The van der Waals surface area contributed by atoms with Crippen LogP contribution in [0.25, 0.3) is 0 Å². The summed E-state index contributed by atoms with van der Waals surface area (Å²) in [4.78, 5) is 13.0. The van der Waals surface area contributed by atoms with Gasteiger partial charge in [0.25, 0.3) is 5.91 Å². The van der Waals surface area contributed by atoms with E-state index in [9.17, 15) is 13.2 Å². The fourth-order valence-electron chi connectivity index (χ4n) is 3.92. The molecule has 0 unspecified atom stereocenters. The number of nitrogens with one attached hydrogen (secondary N) is 1. The van der Waals surface area contributed by atoms with Crippen LogP contribution in [0.1, 0.15) is 47.2 Å². The number of hydrogen-bond acceptors (Lipinski definition) is 4. The van der Waals surface area contributed by atoms with Crippen LogP contribution < -0.4 is 5.32 Å². The van der Waals surface area contributed by atoms with Gasteiger partial charge in [0.05, 0.1) is 23.2 Å². The van der Waals surface area contributed by atoms with Crippen LogP contribution in [0.2, 0.25) is 0 Å². The number of hydrogen-bond donors (Lipinski definition) is 1. The molecular weight excluding hydrogens is 424 g/mol. The van der Waals surface area contributed by atoms with E-state index in [-0.39, 0.29) is 10.8 Å². The second-order valence-corrected chi connectivity index (χ2v) is 10.1. The third-order valence-electron chi connectivity index (χ3n) is 5.71. The summed E-state index contributed by atoms with van der Waals surface area (Å²) < 4.78 is 29.8. The van der Waals surface area contributed by atoms with Crippen molar-refractivity contribution in [2.24, 2.45) is 0 Å². The first-order valence-corrected chi connectivity index (χ1v) is 12.4. The Morgan fingerprint density at radius 3 is 2.47 bits per heavy atom. The molecule has 1 aliphatic rings. The number of anilines is 1. The normalized spacial score (nSPS) is 15.3. The summed E-state index contributed by atoms with van der Waals surface area (Å²) in [7, 11) is -3.60. The summed E-state index contributed by atoms with van der Waals surface area (Å²) in [6.07, 6.45) is 7.06. The first-order chi connectivity index (χ1) is 15.4. The molecule has 8 heteroatoms. The van der Waals surface area contributed by atoms with Gasteiger partial charge < -0.3 is 5.32 Å². The summed E-state index contributed by atoms with van der Waals surface area (Å²) in [6, 6.07) is 14.9. The minimum atomic E-state index is -3.60. The Kier molecular flexibility index (Phi) is 6.72. The third kappa shape index (κ3) is 5.08. The molecule has 1 aromatic heterocycles. The van der Waals surface area contributed by atoms with Gasteiger partial charge in [-0.2, -0.15) is 9.40 Å². The lowest BCUT2D eigenvalue weighted by Crippen LogP contribution is -2.32. The Labute approximate surface area is 189 Å². The van der Waals surface area contributed by atoms with Crippen molar-refractivity contribution >= 4 is 21.6 Å². The smallest absolute Gasteiger partial charge is 0.258 e. The van der Waals surface area contributed by atoms with Crippen LogP contribution in [-0.4, -0.2) is 41.5 Å². The van der Waals surface area contributed by atoms with Gasteiger partial charge in [-0.05, 0) is 43.0 Å². The van der Waals surface area contributed by atoms with Crippen molar-refractivity contribution in [1.82, 2.24) is 14.1 Å². The second kappa shape index (κ2) is 9.67. The molecule has 3 aromatic rings. The van der Waals surface area contributed by atoms with Crippen molar-refractivity contribution in [2.75, 3.05) is 18.4 Å². The van der Waals surface area contributed by atoms with Gasteiger partial charge in [-0.15, -0.1) is 0 Å². The number of rotatable bonds is 6. The monoisotopic (exact) mass is 452 g/mol. The molecule has 0 aliphatic carbocycles. The van der Waals surface area contributed by atoms with Crippen molar-refractivity contribution in [3.05, 3.63) is 77.6 Å². The minimum Gasteiger partial charge on any atom is -0.322 e. The molecule has 1 saturated heterocycles. The third-order valence-corrected chi connectivity index (χ3v) is 7.75. The number of carbonyl (C=O) groups excluding carboxylic acids is 1. The zero-order chi connectivity index (χ0) is 22.6. The van der Waals surface area contributed by atoms with Crippen molar-refractivity contribution in [2.45, 2.75) is 44.0 Å². The molecule has 0 spiro atoms. The Bertz CT molecular complexity index is 1180. The van der Waals surface area contributed by atoms with E-state index < -0.39 is 10.0 Å². The molecule has 0 bridgehead atoms. The summed E-state index contributed by atoms with van der Waals surface area (Å²) in [5.74, 6) is -0.328. The van der Waals surface area contributed by atoms with Gasteiger partial charge in [-0.1, -0.05) is 49.2 Å². The fraction of sp³-hybridized carbons (Fsp3) is 0.333. The first-order valence-electron chi connectivity index (χ1n) is 10.9. The summed E-state index contributed by atoms with van der Waals surface area (Å²) in [5, 5.41) is 7.08. The van der Waals surface area contributed by atoms with E-state index in [1.807, 2.05) is 30.3 Å². The van der Waals surface area contributed by atoms with Gasteiger partial charge in [0, 0.05) is 25.0 Å². The topological polar surface area (TPSA) is 84.3 Å². The highest BCUT2D eigenvalue weighted by atomic mass is 32.2. The van der Waals surface area contributed by atoms with Gasteiger partial charge in [0.2, 0.25) is 10.0 Å². The molecule has 2 heterocycles. The van der Waals surface area contributed by atoms with Crippen molar-refractivity contribution in [1.29, 1.82) is 0 Å². The van der Waals surface area contributed by atoms with E-state index in [2.05, 4.69) is 10.4 Å². The number of aryl methyl sites for hydroxylation is 1. The average molecular weight is 453 g/mol. The number of sulfonamides is 1. The number of nitrogens with zero attached hydrogens (tertiary/aromatic N) is 3. The molecule has 1 N–H and O–H groups in total. The first kappa shape index (κ1) is 22.2. The van der Waals surface area contributed by atoms with E-state index >= 15 is 0 Å². The molecule has 4 rings (SSSR count). The fourth-order valence-corrected chi connectivity index (χ4v) is 5.69. The van der Waals surface area contributed by atoms with E-state index in [0.29, 0.717) is 36.4 Å². The SMILES string of the molecule is Cc1ccc(NC(=O)c2cnn(Cc3ccccc3)c2)cc1S(=O)(=O)N1CCCCCC1. The van der Waals surface area contributed by atoms with E-state index in [0.717, 1.165) is 31.2 Å². The summed E-state index contributed by atoms with van der Waals surface area (Å²) >= 11 is 0. The Hall–Kier alpha value is -2.97. The molecule has 0 atom stereocenters. The van der Waals surface area contributed by atoms with E-state index in [1.165, 1.54) is 6.20 Å². The van der Waals surface area contributed by atoms with Crippen LogP contribution in [0.3, 0.4) is 0 Å². The van der Waals surface area contributed by atoms with E-state index in [1.54, 1.807) is 40.3 Å².